The van der Waals surface area contributed by atoms with Gasteiger partial charge in [0.2, 0.25) is 0 Å². The lowest BCUT2D eigenvalue weighted by molar-refractivity contribution is -0.0566. The van der Waals surface area contributed by atoms with Gasteiger partial charge >= 0.3 is 0 Å². The van der Waals surface area contributed by atoms with E-state index in [0.717, 1.165) is 36.6 Å². The molecular formula is C23H37NO. The lowest BCUT2D eigenvalue weighted by atomic mass is 9.48. The van der Waals surface area contributed by atoms with E-state index in [1.807, 2.05) is 0 Å². The van der Waals surface area contributed by atoms with E-state index < -0.39 is 0 Å². The molecule has 4 fully saturated rings. The Balaban J connectivity index is 1.43. The maximum Gasteiger partial charge on any atom is 0.0577 e. The number of aliphatic hydroxyl groups is 1. The predicted octanol–water partition coefficient (Wildman–Crippen LogP) is 4.77. The Kier molecular flexibility index (Phi) is 3.92. The van der Waals surface area contributed by atoms with Crippen LogP contribution in [-0.4, -0.2) is 35.2 Å². The summed E-state index contributed by atoms with van der Waals surface area (Å²) in [4.78, 5) is 2.86. The van der Waals surface area contributed by atoms with Gasteiger partial charge in [0.05, 0.1) is 6.10 Å². The van der Waals surface area contributed by atoms with Crippen molar-refractivity contribution in [1.82, 2.24) is 4.90 Å². The number of likely N-dealkylation sites (tertiary alicyclic amines) is 1. The number of nitrogens with zero attached hydrogens (tertiary/aromatic N) is 1. The highest BCUT2D eigenvalue weighted by molar-refractivity contribution is 5.25. The minimum Gasteiger partial charge on any atom is -0.393 e. The molecule has 7 atom stereocenters. The van der Waals surface area contributed by atoms with Crippen LogP contribution in [0.4, 0.5) is 0 Å². The molecule has 2 nitrogen and oxygen atoms in total. The van der Waals surface area contributed by atoms with Crippen molar-refractivity contribution >= 4 is 0 Å². The molecule has 0 aromatic rings. The molecule has 1 aliphatic heterocycles. The van der Waals surface area contributed by atoms with Crippen molar-refractivity contribution in [3.63, 3.8) is 0 Å². The van der Waals surface area contributed by atoms with Crippen LogP contribution < -0.4 is 0 Å². The quantitative estimate of drug-likeness (QED) is 0.693. The summed E-state index contributed by atoms with van der Waals surface area (Å²) >= 11 is 0. The SMILES string of the molecule is C[C@]12CCC(O)CC1=CC[C@@H]1[C@H]2CC[C@]2(C)C(N3CCCC3)CC[C@@H]12. The number of fused-ring (bicyclic) bond motifs is 5. The molecule has 1 N–H and O–H groups in total. The highest BCUT2D eigenvalue weighted by Crippen LogP contribution is 2.65. The lowest BCUT2D eigenvalue weighted by Gasteiger charge is -2.58. The van der Waals surface area contributed by atoms with Crippen LogP contribution in [0.25, 0.3) is 0 Å². The summed E-state index contributed by atoms with van der Waals surface area (Å²) < 4.78 is 0. The number of hydrogen-bond donors (Lipinski definition) is 1. The molecular weight excluding hydrogens is 306 g/mol. The fourth-order valence-electron chi connectivity index (χ4n) is 8.27. The van der Waals surface area contributed by atoms with Crippen LogP contribution in [0.5, 0.6) is 0 Å². The normalized spacial score (nSPS) is 53.1. The summed E-state index contributed by atoms with van der Waals surface area (Å²) in [6.07, 6.45) is 15.7. The van der Waals surface area contributed by atoms with Gasteiger partial charge in [0.25, 0.3) is 0 Å². The van der Waals surface area contributed by atoms with Crippen LogP contribution in [0.2, 0.25) is 0 Å². The monoisotopic (exact) mass is 343 g/mol. The molecule has 4 aliphatic carbocycles. The van der Waals surface area contributed by atoms with Crippen molar-refractivity contribution in [2.45, 2.75) is 90.2 Å². The zero-order valence-electron chi connectivity index (χ0n) is 16.3. The van der Waals surface area contributed by atoms with Crippen LogP contribution in [0, 0.1) is 28.6 Å². The van der Waals surface area contributed by atoms with Crippen LogP contribution in [0.1, 0.15) is 78.1 Å². The third kappa shape index (κ3) is 2.35. The minimum absolute atomic E-state index is 0.0734. The van der Waals surface area contributed by atoms with Crippen LogP contribution >= 0.6 is 0 Å². The molecule has 3 saturated carbocycles. The first kappa shape index (κ1) is 16.8. The lowest BCUT2D eigenvalue weighted by Crippen LogP contribution is -2.53. The molecule has 0 radical (unpaired) electrons. The molecule has 25 heavy (non-hydrogen) atoms. The van der Waals surface area contributed by atoms with Crippen molar-refractivity contribution in [1.29, 1.82) is 0 Å². The van der Waals surface area contributed by atoms with Crippen molar-refractivity contribution in [2.24, 2.45) is 28.6 Å². The van der Waals surface area contributed by atoms with Crippen LogP contribution in [0.3, 0.4) is 0 Å². The molecule has 0 amide bonds. The average molecular weight is 344 g/mol. The number of hydrogen-bond acceptors (Lipinski definition) is 2. The Morgan fingerprint density at radius 3 is 2.60 bits per heavy atom. The minimum atomic E-state index is -0.0734. The largest absolute Gasteiger partial charge is 0.393 e. The van der Waals surface area contributed by atoms with Gasteiger partial charge in [-0.1, -0.05) is 25.5 Å². The van der Waals surface area contributed by atoms with E-state index in [1.165, 1.54) is 64.5 Å². The smallest absolute Gasteiger partial charge is 0.0577 e. The maximum atomic E-state index is 10.2. The molecule has 1 heterocycles. The Morgan fingerprint density at radius 2 is 1.80 bits per heavy atom. The molecule has 5 rings (SSSR count). The first-order valence-corrected chi connectivity index (χ1v) is 11.1. The number of aliphatic hydroxyl groups excluding tert-OH is 1. The van der Waals surface area contributed by atoms with E-state index in [-0.39, 0.29) is 6.10 Å². The van der Waals surface area contributed by atoms with Crippen molar-refractivity contribution in [3.8, 4) is 0 Å². The zero-order valence-corrected chi connectivity index (χ0v) is 16.3. The van der Waals surface area contributed by atoms with Crippen molar-refractivity contribution in [2.75, 3.05) is 13.1 Å². The first-order chi connectivity index (χ1) is 12.0. The maximum absolute atomic E-state index is 10.2. The van der Waals surface area contributed by atoms with E-state index in [1.54, 1.807) is 5.57 Å². The molecule has 0 bridgehead atoms. The van der Waals surface area contributed by atoms with Gasteiger partial charge < -0.3 is 5.11 Å². The zero-order chi connectivity index (χ0) is 17.2. The fraction of sp³-hybridized carbons (Fsp3) is 0.913. The molecule has 2 heteroatoms. The van der Waals surface area contributed by atoms with Crippen LogP contribution in [0.15, 0.2) is 11.6 Å². The molecule has 5 aliphatic rings. The fourth-order valence-corrected chi connectivity index (χ4v) is 8.27. The van der Waals surface area contributed by atoms with Gasteiger partial charge in [0, 0.05) is 6.04 Å². The molecule has 0 aromatic carbocycles. The first-order valence-electron chi connectivity index (χ1n) is 11.1. The summed E-state index contributed by atoms with van der Waals surface area (Å²) in [6, 6.07) is 0.868. The third-order valence-corrected chi connectivity index (χ3v) is 9.61. The van der Waals surface area contributed by atoms with E-state index in [2.05, 4.69) is 24.8 Å². The van der Waals surface area contributed by atoms with E-state index in [9.17, 15) is 5.11 Å². The summed E-state index contributed by atoms with van der Waals surface area (Å²) in [5.41, 5.74) is 2.58. The average Bonchev–Trinajstić information content (AvgIpc) is 3.22. The summed E-state index contributed by atoms with van der Waals surface area (Å²) in [7, 11) is 0. The molecule has 0 aromatic heterocycles. The second-order valence-electron chi connectivity index (χ2n) is 10.5. The van der Waals surface area contributed by atoms with E-state index >= 15 is 0 Å². The van der Waals surface area contributed by atoms with Gasteiger partial charge in [-0.2, -0.15) is 0 Å². The van der Waals surface area contributed by atoms with Gasteiger partial charge in [-0.15, -0.1) is 0 Å². The van der Waals surface area contributed by atoms with Crippen LogP contribution in [-0.2, 0) is 0 Å². The number of rotatable bonds is 1. The Morgan fingerprint density at radius 1 is 1.00 bits per heavy atom. The van der Waals surface area contributed by atoms with Crippen molar-refractivity contribution in [3.05, 3.63) is 11.6 Å². The Hall–Kier alpha value is -0.340. The van der Waals surface area contributed by atoms with Gasteiger partial charge in [0.1, 0.15) is 0 Å². The molecule has 0 spiro atoms. The second-order valence-corrected chi connectivity index (χ2v) is 10.5. The topological polar surface area (TPSA) is 23.5 Å². The van der Waals surface area contributed by atoms with Crippen molar-refractivity contribution < 1.29 is 5.11 Å². The van der Waals surface area contributed by atoms with E-state index in [0.29, 0.717) is 10.8 Å². The third-order valence-electron chi connectivity index (χ3n) is 9.61. The highest BCUT2D eigenvalue weighted by Gasteiger charge is 2.59. The summed E-state index contributed by atoms with van der Waals surface area (Å²) in [5, 5.41) is 10.2. The van der Waals surface area contributed by atoms with Gasteiger partial charge in [-0.25, -0.2) is 0 Å². The Bertz CT molecular complexity index is 564. The van der Waals surface area contributed by atoms with Gasteiger partial charge in [-0.3, -0.25) is 4.90 Å². The molecule has 140 valence electrons. The highest BCUT2D eigenvalue weighted by atomic mass is 16.3. The molecule has 1 saturated heterocycles. The Labute approximate surface area is 154 Å². The van der Waals surface area contributed by atoms with Gasteiger partial charge in [0.15, 0.2) is 0 Å². The predicted molar refractivity (Wildman–Crippen MR) is 102 cm³/mol. The summed E-state index contributed by atoms with van der Waals surface area (Å²) in [5.74, 6) is 2.74. The molecule has 2 unspecified atom stereocenters. The van der Waals surface area contributed by atoms with E-state index in [4.69, 9.17) is 0 Å². The van der Waals surface area contributed by atoms with Gasteiger partial charge in [-0.05, 0) is 106 Å². The number of allylic oxidation sites excluding steroid dienone is 1. The summed E-state index contributed by atoms with van der Waals surface area (Å²) in [6.45, 7) is 7.94. The second kappa shape index (κ2) is 5.83. The standard InChI is InChI=1S/C23H37NO/c1-22-11-9-17(25)15-16(22)5-6-18-19-7-8-21(24-13-3-4-14-24)23(19,2)12-10-20(18)22/h5,17-21,25H,3-4,6-15H2,1-2H3/t17?,18-,19-,20+,21?,22-,23-/m0/s1.